The lowest BCUT2D eigenvalue weighted by atomic mass is 10.3. The molecule has 1 aromatic carbocycles. The summed E-state index contributed by atoms with van der Waals surface area (Å²) in [4.78, 5) is 17.7. The molecular weight excluding hydrogens is 353 g/mol. The second-order valence-electron chi connectivity index (χ2n) is 5.80. The van der Waals surface area contributed by atoms with Gasteiger partial charge in [-0.3, -0.25) is 4.79 Å². The first kappa shape index (κ1) is 18.2. The number of benzene rings is 1. The highest BCUT2D eigenvalue weighted by atomic mass is 32.1. The molecule has 3 rings (SSSR count). The minimum atomic E-state index is -0.374. The molecule has 26 heavy (non-hydrogen) atoms. The van der Waals surface area contributed by atoms with E-state index in [4.69, 9.17) is 0 Å². The van der Waals surface area contributed by atoms with Crippen molar-refractivity contribution in [2.24, 2.45) is 0 Å². The molecule has 8 heteroatoms. The molecule has 0 unspecified atom stereocenters. The standard InChI is InChI=1S/C18H20FN5OS/c1-3-20-12(2)11-21-18(25)16-22-17(15-8-5-9-26-15)24(23-16)14-7-4-6-13(19)10-14/h4-10,12,20H,3,11H2,1-2H3,(H,21,25)/t12-/m1/s1. The van der Waals surface area contributed by atoms with Gasteiger partial charge in [0, 0.05) is 12.6 Å². The lowest BCUT2D eigenvalue weighted by Gasteiger charge is -2.11. The first-order valence-corrected chi connectivity index (χ1v) is 9.25. The Labute approximate surface area is 155 Å². The number of carbonyl (C=O) groups is 1. The van der Waals surface area contributed by atoms with Crippen LogP contribution >= 0.6 is 11.3 Å². The summed E-state index contributed by atoms with van der Waals surface area (Å²) in [6.45, 7) is 5.29. The molecule has 2 aromatic heterocycles. The lowest BCUT2D eigenvalue weighted by molar-refractivity contribution is 0.0940. The average Bonchev–Trinajstić information content (AvgIpc) is 3.29. The van der Waals surface area contributed by atoms with E-state index in [-0.39, 0.29) is 23.6 Å². The molecule has 0 radical (unpaired) electrons. The largest absolute Gasteiger partial charge is 0.348 e. The number of aromatic nitrogens is 3. The smallest absolute Gasteiger partial charge is 0.291 e. The third-order valence-electron chi connectivity index (χ3n) is 3.73. The van der Waals surface area contributed by atoms with Gasteiger partial charge in [-0.1, -0.05) is 19.1 Å². The van der Waals surface area contributed by atoms with Crippen LogP contribution in [0.4, 0.5) is 4.39 Å². The maximum absolute atomic E-state index is 13.6. The predicted molar refractivity (Wildman–Crippen MR) is 100 cm³/mol. The molecule has 0 saturated heterocycles. The molecule has 0 saturated carbocycles. The summed E-state index contributed by atoms with van der Waals surface area (Å²) in [5.41, 5.74) is 0.515. The second kappa shape index (κ2) is 8.20. The minimum absolute atomic E-state index is 0.0568. The van der Waals surface area contributed by atoms with Gasteiger partial charge in [0.15, 0.2) is 5.82 Å². The van der Waals surface area contributed by atoms with Gasteiger partial charge in [0.25, 0.3) is 5.91 Å². The fourth-order valence-electron chi connectivity index (χ4n) is 2.51. The second-order valence-corrected chi connectivity index (χ2v) is 6.74. The summed E-state index contributed by atoms with van der Waals surface area (Å²) < 4.78 is 15.1. The van der Waals surface area contributed by atoms with Gasteiger partial charge in [-0.25, -0.2) is 14.1 Å². The molecule has 0 bridgehead atoms. The fraction of sp³-hybridized carbons (Fsp3) is 0.278. The van der Waals surface area contributed by atoms with Crippen LogP contribution in [0.2, 0.25) is 0 Å². The Morgan fingerprint density at radius 2 is 2.19 bits per heavy atom. The monoisotopic (exact) mass is 373 g/mol. The van der Waals surface area contributed by atoms with Crippen LogP contribution in [-0.2, 0) is 0 Å². The van der Waals surface area contributed by atoms with Crippen LogP contribution in [0.15, 0.2) is 41.8 Å². The number of nitrogens with one attached hydrogen (secondary N) is 2. The molecule has 6 nitrogen and oxygen atoms in total. The Hall–Kier alpha value is -2.58. The molecule has 0 spiro atoms. The van der Waals surface area contributed by atoms with Gasteiger partial charge in [-0.05, 0) is 43.1 Å². The number of nitrogens with zero attached hydrogens (tertiary/aromatic N) is 3. The number of thiophene rings is 1. The Morgan fingerprint density at radius 1 is 1.35 bits per heavy atom. The van der Waals surface area contributed by atoms with Gasteiger partial charge < -0.3 is 10.6 Å². The SMILES string of the molecule is CCN[C@H](C)CNC(=O)c1nc(-c2cccs2)n(-c2cccc(F)c2)n1. The van der Waals surface area contributed by atoms with Crippen molar-refractivity contribution in [2.45, 2.75) is 19.9 Å². The zero-order valence-electron chi connectivity index (χ0n) is 14.6. The van der Waals surface area contributed by atoms with E-state index in [1.165, 1.54) is 28.2 Å². The first-order valence-electron chi connectivity index (χ1n) is 8.37. The van der Waals surface area contributed by atoms with E-state index in [9.17, 15) is 9.18 Å². The molecule has 2 heterocycles. The molecule has 2 N–H and O–H groups in total. The maximum Gasteiger partial charge on any atom is 0.291 e. The van der Waals surface area contributed by atoms with Crippen LogP contribution < -0.4 is 10.6 Å². The molecule has 1 amide bonds. The van der Waals surface area contributed by atoms with Crippen molar-refractivity contribution in [3.63, 3.8) is 0 Å². The van der Waals surface area contributed by atoms with Crippen molar-refractivity contribution in [3.8, 4) is 16.4 Å². The van der Waals surface area contributed by atoms with Crippen molar-refractivity contribution in [1.29, 1.82) is 0 Å². The molecule has 3 aromatic rings. The summed E-state index contributed by atoms with van der Waals surface area (Å²) in [6, 6.07) is 9.97. The van der Waals surface area contributed by atoms with Crippen molar-refractivity contribution >= 4 is 17.2 Å². The zero-order chi connectivity index (χ0) is 18.5. The van der Waals surface area contributed by atoms with Gasteiger partial charge in [-0.15, -0.1) is 16.4 Å². The molecule has 0 aliphatic carbocycles. The first-order chi connectivity index (χ1) is 12.6. The summed E-state index contributed by atoms with van der Waals surface area (Å²) in [7, 11) is 0. The van der Waals surface area contributed by atoms with Crippen LogP contribution in [-0.4, -0.2) is 39.8 Å². The lowest BCUT2D eigenvalue weighted by Crippen LogP contribution is -2.39. The molecule has 0 fully saturated rings. The fourth-order valence-corrected chi connectivity index (χ4v) is 3.21. The predicted octanol–water partition coefficient (Wildman–Crippen LogP) is 2.86. The Morgan fingerprint density at radius 3 is 2.88 bits per heavy atom. The van der Waals surface area contributed by atoms with Crippen LogP contribution in [0, 0.1) is 5.82 Å². The third kappa shape index (κ3) is 4.14. The number of hydrogen-bond donors (Lipinski definition) is 2. The van der Waals surface area contributed by atoms with E-state index in [0.29, 0.717) is 18.1 Å². The van der Waals surface area contributed by atoms with E-state index < -0.39 is 0 Å². The van der Waals surface area contributed by atoms with Gasteiger partial charge in [0.2, 0.25) is 5.82 Å². The van der Waals surface area contributed by atoms with Gasteiger partial charge in [0.05, 0.1) is 10.6 Å². The van der Waals surface area contributed by atoms with Gasteiger partial charge in [-0.2, -0.15) is 0 Å². The quantitative estimate of drug-likeness (QED) is 0.668. The topological polar surface area (TPSA) is 71.8 Å². The maximum atomic E-state index is 13.6. The minimum Gasteiger partial charge on any atom is -0.348 e. The highest BCUT2D eigenvalue weighted by Crippen LogP contribution is 2.25. The average molecular weight is 373 g/mol. The van der Waals surface area contributed by atoms with Gasteiger partial charge >= 0.3 is 0 Å². The summed E-state index contributed by atoms with van der Waals surface area (Å²) in [6.07, 6.45) is 0. The zero-order valence-corrected chi connectivity index (χ0v) is 15.4. The van der Waals surface area contributed by atoms with E-state index in [0.717, 1.165) is 11.4 Å². The molecular formula is C18H20FN5OS. The van der Waals surface area contributed by atoms with E-state index in [1.807, 2.05) is 31.4 Å². The van der Waals surface area contributed by atoms with E-state index in [2.05, 4.69) is 20.7 Å². The Bertz CT molecular complexity index is 878. The van der Waals surface area contributed by atoms with Crippen molar-refractivity contribution in [3.05, 3.63) is 53.4 Å². The van der Waals surface area contributed by atoms with Crippen molar-refractivity contribution < 1.29 is 9.18 Å². The highest BCUT2D eigenvalue weighted by Gasteiger charge is 2.19. The van der Waals surface area contributed by atoms with E-state index in [1.54, 1.807) is 12.1 Å². The summed E-state index contributed by atoms with van der Waals surface area (Å²) >= 11 is 1.48. The van der Waals surface area contributed by atoms with Crippen LogP contribution in [0.25, 0.3) is 16.4 Å². The molecule has 0 aliphatic heterocycles. The number of hydrogen-bond acceptors (Lipinski definition) is 5. The summed E-state index contributed by atoms with van der Waals surface area (Å²) in [5, 5.41) is 12.3. The number of halogens is 1. The van der Waals surface area contributed by atoms with Crippen molar-refractivity contribution in [1.82, 2.24) is 25.4 Å². The number of amides is 1. The molecule has 0 aliphatic rings. The highest BCUT2D eigenvalue weighted by molar-refractivity contribution is 7.13. The van der Waals surface area contributed by atoms with Crippen molar-refractivity contribution in [2.75, 3.05) is 13.1 Å². The van der Waals surface area contributed by atoms with E-state index >= 15 is 0 Å². The number of carbonyl (C=O) groups excluding carboxylic acids is 1. The van der Waals surface area contributed by atoms with Crippen LogP contribution in [0.5, 0.6) is 0 Å². The molecule has 1 atom stereocenters. The Balaban J connectivity index is 1.91. The number of likely N-dealkylation sites (N-methyl/N-ethyl adjacent to an activating group) is 1. The number of rotatable bonds is 7. The molecule has 136 valence electrons. The van der Waals surface area contributed by atoms with Crippen LogP contribution in [0.3, 0.4) is 0 Å². The summed E-state index contributed by atoms with van der Waals surface area (Å²) in [5.74, 6) is -0.167. The Kier molecular flexibility index (Phi) is 5.75. The normalized spacial score (nSPS) is 12.1. The van der Waals surface area contributed by atoms with Crippen LogP contribution in [0.1, 0.15) is 24.5 Å². The van der Waals surface area contributed by atoms with Gasteiger partial charge in [0.1, 0.15) is 5.82 Å². The third-order valence-corrected chi connectivity index (χ3v) is 4.59.